The molecule has 0 unspecified atom stereocenters. The minimum Gasteiger partial charge on any atom is -0.497 e. The average molecular weight is 253 g/mol. The summed E-state index contributed by atoms with van der Waals surface area (Å²) in [6.45, 7) is 0. The summed E-state index contributed by atoms with van der Waals surface area (Å²) in [6, 6.07) is 7.06. The summed E-state index contributed by atoms with van der Waals surface area (Å²) in [4.78, 5) is 3.83. The van der Waals surface area contributed by atoms with Crippen molar-refractivity contribution in [2.75, 3.05) is 7.11 Å². The van der Waals surface area contributed by atoms with Gasteiger partial charge in [0, 0.05) is 18.0 Å². The first kappa shape index (κ1) is 12.4. The number of hydrogen-bond acceptors (Lipinski definition) is 2. The highest BCUT2D eigenvalue weighted by Crippen LogP contribution is 2.38. The molecular weight excluding hydrogens is 243 g/mol. The molecular formula is C13H10F3NO. The van der Waals surface area contributed by atoms with Gasteiger partial charge < -0.3 is 4.74 Å². The zero-order chi connectivity index (χ0) is 13.2. The lowest BCUT2D eigenvalue weighted by atomic mass is 10.0. The number of aromatic nitrogens is 1. The molecule has 0 aliphatic rings. The molecule has 0 spiro atoms. The fraction of sp³-hybridized carbons (Fsp3) is 0.154. The summed E-state index contributed by atoms with van der Waals surface area (Å²) in [6.07, 6.45) is -1.52. The Morgan fingerprint density at radius 2 is 1.94 bits per heavy atom. The smallest absolute Gasteiger partial charge is 0.417 e. The van der Waals surface area contributed by atoms with Gasteiger partial charge in [-0.3, -0.25) is 4.98 Å². The number of rotatable bonds is 2. The van der Waals surface area contributed by atoms with Crippen LogP contribution < -0.4 is 4.74 Å². The van der Waals surface area contributed by atoms with Crippen LogP contribution in [0, 0.1) is 0 Å². The maximum Gasteiger partial charge on any atom is 0.417 e. The first-order valence-electron chi connectivity index (χ1n) is 5.18. The fourth-order valence-corrected chi connectivity index (χ4v) is 1.66. The standard InChI is InChI=1S/C13H10F3NO/c1-18-10-4-5-11(9-3-2-6-17-8-9)12(7-10)13(14,15)16/h2-8H,1H3. The van der Waals surface area contributed by atoms with Crippen LogP contribution in [-0.4, -0.2) is 12.1 Å². The highest BCUT2D eigenvalue weighted by Gasteiger charge is 2.34. The van der Waals surface area contributed by atoms with E-state index in [-0.39, 0.29) is 11.3 Å². The third-order valence-corrected chi connectivity index (χ3v) is 2.50. The maximum atomic E-state index is 13.0. The van der Waals surface area contributed by atoms with Crippen molar-refractivity contribution in [3.63, 3.8) is 0 Å². The summed E-state index contributed by atoms with van der Waals surface area (Å²) in [5.41, 5.74) is -0.210. The van der Waals surface area contributed by atoms with Crippen LogP contribution in [0.3, 0.4) is 0 Å². The molecule has 0 aliphatic heterocycles. The van der Waals surface area contributed by atoms with Crippen LogP contribution in [-0.2, 0) is 6.18 Å². The second-order valence-electron chi connectivity index (χ2n) is 3.65. The molecule has 0 radical (unpaired) electrons. The number of hydrogen-bond donors (Lipinski definition) is 0. The van der Waals surface area contributed by atoms with Crippen molar-refractivity contribution < 1.29 is 17.9 Å². The topological polar surface area (TPSA) is 22.1 Å². The van der Waals surface area contributed by atoms with Crippen LogP contribution >= 0.6 is 0 Å². The van der Waals surface area contributed by atoms with E-state index in [4.69, 9.17) is 4.74 Å². The molecule has 0 saturated heterocycles. The van der Waals surface area contributed by atoms with Gasteiger partial charge in [0.05, 0.1) is 12.7 Å². The third-order valence-electron chi connectivity index (χ3n) is 2.50. The molecule has 2 nitrogen and oxygen atoms in total. The van der Waals surface area contributed by atoms with Gasteiger partial charge in [-0.15, -0.1) is 0 Å². The van der Waals surface area contributed by atoms with Gasteiger partial charge in [-0.25, -0.2) is 0 Å². The van der Waals surface area contributed by atoms with Gasteiger partial charge in [-0.05, 0) is 23.8 Å². The van der Waals surface area contributed by atoms with E-state index >= 15 is 0 Å². The number of methoxy groups -OCH3 is 1. The molecule has 0 saturated carbocycles. The Hall–Kier alpha value is -2.04. The molecule has 0 atom stereocenters. The zero-order valence-electron chi connectivity index (χ0n) is 9.53. The predicted octanol–water partition coefficient (Wildman–Crippen LogP) is 3.78. The van der Waals surface area contributed by atoms with Crippen LogP contribution in [0.4, 0.5) is 13.2 Å². The number of pyridine rings is 1. The van der Waals surface area contributed by atoms with Crippen LogP contribution in [0.5, 0.6) is 5.75 Å². The minimum absolute atomic E-state index is 0.0939. The number of benzene rings is 1. The second kappa shape index (κ2) is 4.68. The van der Waals surface area contributed by atoms with Crippen molar-refractivity contribution in [2.45, 2.75) is 6.18 Å². The SMILES string of the molecule is COc1ccc(-c2cccnc2)c(C(F)(F)F)c1. The van der Waals surface area contributed by atoms with E-state index in [0.29, 0.717) is 5.56 Å². The van der Waals surface area contributed by atoms with Gasteiger partial charge in [-0.2, -0.15) is 13.2 Å². The molecule has 1 aromatic heterocycles. The molecule has 1 aromatic carbocycles. The molecule has 94 valence electrons. The normalized spacial score (nSPS) is 11.3. The van der Waals surface area contributed by atoms with E-state index in [9.17, 15) is 13.2 Å². The first-order valence-corrected chi connectivity index (χ1v) is 5.18. The summed E-state index contributed by atoms with van der Waals surface area (Å²) in [5, 5.41) is 0. The lowest BCUT2D eigenvalue weighted by Gasteiger charge is -2.14. The van der Waals surface area contributed by atoms with E-state index in [1.54, 1.807) is 12.1 Å². The summed E-state index contributed by atoms with van der Waals surface area (Å²) in [5.74, 6) is 0.176. The molecule has 18 heavy (non-hydrogen) atoms. The van der Waals surface area contributed by atoms with Crippen molar-refractivity contribution in [2.24, 2.45) is 0 Å². The molecule has 0 aliphatic carbocycles. The number of nitrogens with zero attached hydrogens (tertiary/aromatic N) is 1. The number of alkyl halides is 3. The lowest BCUT2D eigenvalue weighted by Crippen LogP contribution is -2.07. The average Bonchev–Trinajstić information content (AvgIpc) is 2.38. The Morgan fingerprint density at radius 3 is 2.50 bits per heavy atom. The molecule has 0 amide bonds. The van der Waals surface area contributed by atoms with E-state index in [0.717, 1.165) is 6.07 Å². The molecule has 0 fully saturated rings. The van der Waals surface area contributed by atoms with Gasteiger partial charge in [0.15, 0.2) is 0 Å². The van der Waals surface area contributed by atoms with Crippen molar-refractivity contribution >= 4 is 0 Å². The summed E-state index contributed by atoms with van der Waals surface area (Å²) < 4.78 is 43.7. The number of halogens is 3. The molecule has 1 heterocycles. The Bertz CT molecular complexity index is 538. The quantitative estimate of drug-likeness (QED) is 0.812. The number of ether oxygens (including phenoxy) is 1. The van der Waals surface area contributed by atoms with Gasteiger partial charge in [0.2, 0.25) is 0 Å². The first-order chi connectivity index (χ1) is 8.52. The molecule has 2 rings (SSSR count). The maximum absolute atomic E-state index is 13.0. The van der Waals surface area contributed by atoms with Crippen molar-refractivity contribution in [3.05, 3.63) is 48.3 Å². The lowest BCUT2D eigenvalue weighted by molar-refractivity contribution is -0.137. The van der Waals surface area contributed by atoms with E-state index in [2.05, 4.69) is 4.98 Å². The molecule has 0 N–H and O–H groups in total. The summed E-state index contributed by atoms with van der Waals surface area (Å²) >= 11 is 0. The van der Waals surface area contributed by atoms with Gasteiger partial charge in [-0.1, -0.05) is 12.1 Å². The second-order valence-corrected chi connectivity index (χ2v) is 3.65. The van der Waals surface area contributed by atoms with Crippen LogP contribution in [0.15, 0.2) is 42.7 Å². The molecule has 0 bridgehead atoms. The highest BCUT2D eigenvalue weighted by atomic mass is 19.4. The van der Waals surface area contributed by atoms with E-state index in [1.165, 1.54) is 31.6 Å². The zero-order valence-corrected chi connectivity index (χ0v) is 9.53. The summed E-state index contributed by atoms with van der Waals surface area (Å²) in [7, 11) is 1.33. The Balaban J connectivity index is 2.61. The van der Waals surface area contributed by atoms with Crippen LogP contribution in [0.1, 0.15) is 5.56 Å². The van der Waals surface area contributed by atoms with E-state index < -0.39 is 11.7 Å². The Kier molecular flexibility index (Phi) is 3.23. The van der Waals surface area contributed by atoms with Crippen molar-refractivity contribution in [1.29, 1.82) is 0 Å². The van der Waals surface area contributed by atoms with Gasteiger partial charge in [0.25, 0.3) is 0 Å². The van der Waals surface area contributed by atoms with Crippen LogP contribution in [0.2, 0.25) is 0 Å². The van der Waals surface area contributed by atoms with Crippen molar-refractivity contribution in [1.82, 2.24) is 4.98 Å². The Labute approximate surface area is 102 Å². The third kappa shape index (κ3) is 2.45. The van der Waals surface area contributed by atoms with E-state index in [1.807, 2.05) is 0 Å². The highest BCUT2D eigenvalue weighted by molar-refractivity contribution is 5.68. The van der Waals surface area contributed by atoms with Crippen LogP contribution in [0.25, 0.3) is 11.1 Å². The monoisotopic (exact) mass is 253 g/mol. The largest absolute Gasteiger partial charge is 0.497 e. The van der Waals surface area contributed by atoms with Gasteiger partial charge >= 0.3 is 6.18 Å². The Morgan fingerprint density at radius 1 is 1.17 bits per heavy atom. The van der Waals surface area contributed by atoms with Gasteiger partial charge in [0.1, 0.15) is 5.75 Å². The van der Waals surface area contributed by atoms with Crippen molar-refractivity contribution in [3.8, 4) is 16.9 Å². The minimum atomic E-state index is -4.43. The predicted molar refractivity (Wildman–Crippen MR) is 61.2 cm³/mol. The molecule has 2 aromatic rings. The molecule has 5 heteroatoms. The fourth-order valence-electron chi connectivity index (χ4n) is 1.66.